The Balaban J connectivity index is 1.71. The first-order valence-electron chi connectivity index (χ1n) is 7.40. The van der Waals surface area contributed by atoms with E-state index in [9.17, 15) is 4.79 Å². The van der Waals surface area contributed by atoms with Gasteiger partial charge in [-0.05, 0) is 30.7 Å². The number of halogens is 1. The fourth-order valence-corrected chi connectivity index (χ4v) is 3.00. The summed E-state index contributed by atoms with van der Waals surface area (Å²) in [5, 5.41) is 0.778. The number of amides is 1. The number of hydrogen-bond acceptors (Lipinski definition) is 5. The number of thioether (sulfide) groups is 1. The second-order valence-electron chi connectivity index (χ2n) is 5.84. The minimum Gasteiger partial charge on any atom is -0.464 e. The number of furan rings is 1. The van der Waals surface area contributed by atoms with Crippen molar-refractivity contribution in [1.82, 2.24) is 14.9 Å². The maximum Gasteiger partial charge on any atom is 0.274 e. The van der Waals surface area contributed by atoms with Gasteiger partial charge < -0.3 is 9.32 Å². The number of carbonyl (C=O) groups excluding carboxylic acids is 1. The topological polar surface area (TPSA) is 59.2 Å². The molecule has 0 radical (unpaired) electrons. The van der Waals surface area contributed by atoms with Crippen LogP contribution in [0.3, 0.4) is 0 Å². The van der Waals surface area contributed by atoms with Gasteiger partial charge in [-0.1, -0.05) is 30.3 Å². The Bertz CT molecular complexity index is 734. The average Bonchev–Trinajstić information content (AvgIpc) is 3.09. The minimum atomic E-state index is -0.245. The summed E-state index contributed by atoms with van der Waals surface area (Å²) in [5.74, 6) is 2.76. The zero-order valence-electron chi connectivity index (χ0n) is 13.2. The highest BCUT2D eigenvalue weighted by Crippen LogP contribution is 2.47. The van der Waals surface area contributed by atoms with Crippen molar-refractivity contribution in [3.05, 3.63) is 40.6 Å². The van der Waals surface area contributed by atoms with Gasteiger partial charge in [0.15, 0.2) is 10.9 Å². The summed E-state index contributed by atoms with van der Waals surface area (Å²) in [5.41, 5.74) is 0.219. The molecule has 1 aliphatic carbocycles. The van der Waals surface area contributed by atoms with Crippen LogP contribution in [0, 0.1) is 5.92 Å². The van der Waals surface area contributed by atoms with E-state index in [1.807, 2.05) is 18.4 Å². The molecule has 122 valence electrons. The molecule has 3 rings (SSSR count). The summed E-state index contributed by atoms with van der Waals surface area (Å²) in [4.78, 5) is 22.4. The van der Waals surface area contributed by atoms with E-state index in [1.165, 1.54) is 24.4 Å². The molecule has 1 amide bonds. The molecule has 0 spiro atoms. The first kappa shape index (κ1) is 16.3. The molecular formula is C16H18ClN3O2S. The van der Waals surface area contributed by atoms with Crippen LogP contribution in [-0.4, -0.2) is 34.1 Å². The minimum absolute atomic E-state index is 0.219. The van der Waals surface area contributed by atoms with Crippen LogP contribution in [0.15, 0.2) is 27.9 Å². The van der Waals surface area contributed by atoms with Crippen molar-refractivity contribution >= 4 is 29.3 Å². The van der Waals surface area contributed by atoms with E-state index in [0.29, 0.717) is 23.5 Å². The van der Waals surface area contributed by atoms with Crippen LogP contribution in [0.5, 0.6) is 0 Å². The summed E-state index contributed by atoms with van der Waals surface area (Å²) in [7, 11) is 1.71. The van der Waals surface area contributed by atoms with Gasteiger partial charge >= 0.3 is 0 Å². The van der Waals surface area contributed by atoms with Crippen LogP contribution < -0.4 is 0 Å². The van der Waals surface area contributed by atoms with Crippen LogP contribution >= 0.6 is 23.4 Å². The fourth-order valence-electron chi connectivity index (χ4n) is 2.48. The van der Waals surface area contributed by atoms with Gasteiger partial charge in [0.25, 0.3) is 5.91 Å². The van der Waals surface area contributed by atoms with E-state index in [-0.39, 0.29) is 16.6 Å². The summed E-state index contributed by atoms with van der Waals surface area (Å²) in [6.45, 7) is 2.60. The molecule has 0 unspecified atom stereocenters. The first-order chi connectivity index (χ1) is 11.0. The number of hydrogen-bond donors (Lipinski definition) is 0. The molecule has 0 saturated heterocycles. The fraction of sp³-hybridized carbons (Fsp3) is 0.438. The van der Waals surface area contributed by atoms with E-state index in [4.69, 9.17) is 16.0 Å². The Morgan fingerprint density at radius 2 is 2.26 bits per heavy atom. The number of nitrogens with zero attached hydrogens (tertiary/aromatic N) is 3. The average molecular weight is 352 g/mol. The van der Waals surface area contributed by atoms with Gasteiger partial charge in [0, 0.05) is 13.0 Å². The Labute approximate surface area is 144 Å². The summed E-state index contributed by atoms with van der Waals surface area (Å²) in [6.07, 6.45) is 4.49. The van der Waals surface area contributed by atoms with Crippen molar-refractivity contribution < 1.29 is 9.21 Å². The second kappa shape index (κ2) is 6.53. The van der Waals surface area contributed by atoms with Gasteiger partial charge in [-0.2, -0.15) is 0 Å². The maximum atomic E-state index is 12.5. The standard InChI is InChI=1S/C16H18ClN3O2S/c1-9-6-11(9)13-5-4-10(22-13)8-20(2)15(21)14-12(17)7-18-16(19-14)23-3/h4-5,7,9,11H,6,8H2,1-3H3/t9-,11-/m1/s1. The van der Waals surface area contributed by atoms with Gasteiger partial charge in [-0.25, -0.2) is 9.97 Å². The van der Waals surface area contributed by atoms with E-state index in [1.54, 1.807) is 11.9 Å². The lowest BCUT2D eigenvalue weighted by molar-refractivity contribution is 0.0768. The summed E-state index contributed by atoms with van der Waals surface area (Å²) in [6, 6.07) is 3.93. The highest BCUT2D eigenvalue weighted by atomic mass is 35.5. The third-order valence-electron chi connectivity index (χ3n) is 4.00. The molecule has 2 aromatic rings. The summed E-state index contributed by atoms with van der Waals surface area (Å²) < 4.78 is 5.85. The Morgan fingerprint density at radius 3 is 2.91 bits per heavy atom. The largest absolute Gasteiger partial charge is 0.464 e. The Hall–Kier alpha value is -1.53. The molecule has 1 fully saturated rings. The SMILES string of the molecule is CSc1ncc(Cl)c(C(=O)N(C)Cc2ccc([C@@H]3C[C@H]3C)o2)n1. The smallest absolute Gasteiger partial charge is 0.274 e. The summed E-state index contributed by atoms with van der Waals surface area (Å²) >= 11 is 7.43. The number of carbonyl (C=O) groups is 1. The van der Waals surface area contributed by atoms with Crippen LogP contribution in [0.4, 0.5) is 0 Å². The van der Waals surface area contributed by atoms with Gasteiger partial charge in [0.2, 0.25) is 0 Å². The molecule has 7 heteroatoms. The molecule has 2 heterocycles. The van der Waals surface area contributed by atoms with Crippen molar-refractivity contribution in [3.63, 3.8) is 0 Å². The van der Waals surface area contributed by atoms with Crippen LogP contribution in [0.25, 0.3) is 0 Å². The van der Waals surface area contributed by atoms with Crippen LogP contribution in [-0.2, 0) is 6.54 Å². The third-order valence-corrected chi connectivity index (χ3v) is 4.84. The van der Waals surface area contributed by atoms with Gasteiger partial charge in [-0.3, -0.25) is 4.79 Å². The van der Waals surface area contributed by atoms with Crippen LogP contribution in [0.2, 0.25) is 5.02 Å². The predicted octanol–water partition coefficient (Wildman–Crippen LogP) is 3.84. The highest BCUT2D eigenvalue weighted by molar-refractivity contribution is 7.98. The molecule has 2 aromatic heterocycles. The van der Waals surface area contributed by atoms with E-state index >= 15 is 0 Å². The molecule has 0 N–H and O–H groups in total. The number of rotatable bonds is 5. The molecule has 1 aliphatic rings. The first-order valence-corrected chi connectivity index (χ1v) is 9.00. The lowest BCUT2D eigenvalue weighted by atomic mass is 10.3. The molecule has 0 aliphatic heterocycles. The molecular weight excluding hydrogens is 334 g/mol. The van der Waals surface area contributed by atoms with Gasteiger partial charge in [0.1, 0.15) is 11.5 Å². The molecule has 0 bridgehead atoms. The Kier molecular flexibility index (Phi) is 4.64. The van der Waals surface area contributed by atoms with Crippen molar-refractivity contribution in [2.75, 3.05) is 13.3 Å². The molecule has 23 heavy (non-hydrogen) atoms. The van der Waals surface area contributed by atoms with Gasteiger partial charge in [0.05, 0.1) is 17.8 Å². The lowest BCUT2D eigenvalue weighted by Gasteiger charge is -2.16. The van der Waals surface area contributed by atoms with E-state index in [2.05, 4.69) is 16.9 Å². The molecule has 1 saturated carbocycles. The monoisotopic (exact) mass is 351 g/mol. The Morgan fingerprint density at radius 1 is 1.52 bits per heavy atom. The predicted molar refractivity (Wildman–Crippen MR) is 89.9 cm³/mol. The van der Waals surface area contributed by atoms with Crippen molar-refractivity contribution in [2.45, 2.75) is 31.0 Å². The van der Waals surface area contributed by atoms with E-state index in [0.717, 1.165) is 11.5 Å². The molecule has 2 atom stereocenters. The highest BCUT2D eigenvalue weighted by Gasteiger charge is 2.36. The van der Waals surface area contributed by atoms with Crippen molar-refractivity contribution in [3.8, 4) is 0 Å². The lowest BCUT2D eigenvalue weighted by Crippen LogP contribution is -2.27. The van der Waals surface area contributed by atoms with Gasteiger partial charge in [-0.15, -0.1) is 0 Å². The second-order valence-corrected chi connectivity index (χ2v) is 7.02. The van der Waals surface area contributed by atoms with Crippen molar-refractivity contribution in [1.29, 1.82) is 0 Å². The third kappa shape index (κ3) is 3.53. The van der Waals surface area contributed by atoms with Crippen LogP contribution in [0.1, 0.15) is 41.3 Å². The van der Waals surface area contributed by atoms with Crippen molar-refractivity contribution in [2.24, 2.45) is 5.92 Å². The molecule has 5 nitrogen and oxygen atoms in total. The quantitative estimate of drug-likeness (QED) is 0.605. The van der Waals surface area contributed by atoms with E-state index < -0.39 is 0 Å². The molecule has 0 aromatic carbocycles. The maximum absolute atomic E-state index is 12.5. The zero-order valence-corrected chi connectivity index (χ0v) is 14.8. The zero-order chi connectivity index (χ0) is 16.6. The number of aromatic nitrogens is 2. The normalized spacial score (nSPS) is 19.7.